The minimum Gasteiger partial charge on any atom is -0.152 e. The molecule has 0 aliphatic carbocycles. The summed E-state index contributed by atoms with van der Waals surface area (Å²) in [5.74, 6) is 0. The van der Waals surface area contributed by atoms with E-state index in [2.05, 4.69) is 39.7 Å². The van der Waals surface area contributed by atoms with Crippen molar-refractivity contribution in [2.75, 3.05) is 0 Å². The normalized spacial score (nSPS) is 12.9. The fraction of sp³-hybridized carbons (Fsp3) is 0.714. The summed E-state index contributed by atoms with van der Waals surface area (Å²) >= 11 is 5.58. The van der Waals surface area contributed by atoms with Crippen LogP contribution in [0, 0.1) is 0 Å². The maximum absolute atomic E-state index is 3.79. The van der Waals surface area contributed by atoms with Crippen LogP contribution in [0.4, 0.5) is 0 Å². The van der Waals surface area contributed by atoms with E-state index in [1.54, 1.807) is 11.3 Å². The average molecular weight is 303 g/mol. The second kappa shape index (κ2) is 9.23. The van der Waals surface area contributed by atoms with Crippen LogP contribution < -0.4 is 0 Å². The highest BCUT2D eigenvalue weighted by atomic mass is 79.9. The zero-order chi connectivity index (χ0) is 11.6. The van der Waals surface area contributed by atoms with Gasteiger partial charge in [-0.2, -0.15) is 11.3 Å². The quantitative estimate of drug-likeness (QED) is 0.399. The molecular formula is C14H23BrS. The van der Waals surface area contributed by atoms with Crippen molar-refractivity contribution in [3.63, 3.8) is 0 Å². The molecule has 0 amide bonds. The van der Waals surface area contributed by atoms with Crippen LogP contribution in [0.1, 0.15) is 57.4 Å². The molecule has 1 rings (SSSR count). The number of rotatable bonds is 9. The largest absolute Gasteiger partial charge is 0.152 e. The first-order valence-corrected chi connectivity index (χ1v) is 8.34. The van der Waals surface area contributed by atoms with E-state index in [1.165, 1.54) is 56.9 Å². The number of thiophene rings is 1. The van der Waals surface area contributed by atoms with Crippen LogP contribution in [0.25, 0.3) is 0 Å². The molecule has 0 aromatic carbocycles. The van der Waals surface area contributed by atoms with Gasteiger partial charge in [0.1, 0.15) is 0 Å². The Morgan fingerprint density at radius 2 is 1.94 bits per heavy atom. The Balaban J connectivity index is 1.96. The molecule has 0 saturated carbocycles. The Kier molecular flexibility index (Phi) is 8.22. The number of unbranched alkanes of at least 4 members (excludes halogenated alkanes) is 5. The molecule has 0 radical (unpaired) electrons. The lowest BCUT2D eigenvalue weighted by molar-refractivity contribution is 0.583. The van der Waals surface area contributed by atoms with Gasteiger partial charge in [-0.1, -0.05) is 61.4 Å². The molecule has 1 atom stereocenters. The van der Waals surface area contributed by atoms with Crippen molar-refractivity contribution in [3.8, 4) is 0 Å². The highest BCUT2D eigenvalue weighted by Crippen LogP contribution is 2.18. The SMILES string of the molecule is CCCCCCCCC(Br)Cc1ccsc1. The molecule has 0 nitrogen and oxygen atoms in total. The van der Waals surface area contributed by atoms with E-state index >= 15 is 0 Å². The molecule has 0 fully saturated rings. The summed E-state index contributed by atoms with van der Waals surface area (Å²) in [6.07, 6.45) is 10.9. The fourth-order valence-corrected chi connectivity index (χ4v) is 3.29. The van der Waals surface area contributed by atoms with Crippen LogP contribution in [0.15, 0.2) is 16.8 Å². The lowest BCUT2D eigenvalue weighted by Gasteiger charge is -2.08. The van der Waals surface area contributed by atoms with E-state index < -0.39 is 0 Å². The molecule has 2 heteroatoms. The molecule has 0 saturated heterocycles. The summed E-state index contributed by atoms with van der Waals surface area (Å²) in [4.78, 5) is 0.674. The number of hydrogen-bond donors (Lipinski definition) is 0. The predicted octanol–water partition coefficient (Wildman–Crippen LogP) is 5.80. The monoisotopic (exact) mass is 302 g/mol. The fourth-order valence-electron chi connectivity index (χ4n) is 1.91. The third kappa shape index (κ3) is 6.70. The van der Waals surface area contributed by atoms with Crippen molar-refractivity contribution in [2.45, 2.75) is 63.1 Å². The van der Waals surface area contributed by atoms with Crippen LogP contribution in [0.3, 0.4) is 0 Å². The summed E-state index contributed by atoms with van der Waals surface area (Å²) in [5, 5.41) is 4.43. The van der Waals surface area contributed by atoms with E-state index in [9.17, 15) is 0 Å². The summed E-state index contributed by atoms with van der Waals surface area (Å²) < 4.78 is 0. The van der Waals surface area contributed by atoms with Crippen LogP contribution in [-0.4, -0.2) is 4.83 Å². The molecular weight excluding hydrogens is 280 g/mol. The van der Waals surface area contributed by atoms with Crippen molar-refractivity contribution in [1.82, 2.24) is 0 Å². The topological polar surface area (TPSA) is 0 Å². The zero-order valence-corrected chi connectivity index (χ0v) is 12.7. The number of halogens is 1. The van der Waals surface area contributed by atoms with Crippen LogP contribution in [-0.2, 0) is 6.42 Å². The van der Waals surface area contributed by atoms with Gasteiger partial charge in [0.25, 0.3) is 0 Å². The molecule has 0 aliphatic rings. The number of alkyl halides is 1. The maximum atomic E-state index is 3.79. The van der Waals surface area contributed by atoms with Crippen LogP contribution in [0.5, 0.6) is 0 Å². The molecule has 0 spiro atoms. The zero-order valence-electron chi connectivity index (χ0n) is 10.3. The van der Waals surface area contributed by atoms with Gasteiger partial charge in [-0.3, -0.25) is 0 Å². The van der Waals surface area contributed by atoms with Gasteiger partial charge in [-0.25, -0.2) is 0 Å². The molecule has 1 unspecified atom stereocenters. The molecule has 92 valence electrons. The van der Waals surface area contributed by atoms with Gasteiger partial charge in [0.15, 0.2) is 0 Å². The lowest BCUT2D eigenvalue weighted by Crippen LogP contribution is -2.01. The van der Waals surface area contributed by atoms with Crippen LogP contribution in [0.2, 0.25) is 0 Å². The van der Waals surface area contributed by atoms with Crippen molar-refractivity contribution in [3.05, 3.63) is 22.4 Å². The van der Waals surface area contributed by atoms with Gasteiger partial charge >= 0.3 is 0 Å². The van der Waals surface area contributed by atoms with Gasteiger partial charge in [-0.15, -0.1) is 0 Å². The van der Waals surface area contributed by atoms with E-state index in [4.69, 9.17) is 0 Å². The third-order valence-electron chi connectivity index (χ3n) is 2.91. The first kappa shape index (κ1) is 14.2. The minimum atomic E-state index is 0.674. The first-order chi connectivity index (χ1) is 7.83. The van der Waals surface area contributed by atoms with Crippen molar-refractivity contribution < 1.29 is 0 Å². The van der Waals surface area contributed by atoms with Crippen molar-refractivity contribution in [1.29, 1.82) is 0 Å². The Hall–Kier alpha value is 0.180. The van der Waals surface area contributed by atoms with Gasteiger partial charge < -0.3 is 0 Å². The minimum absolute atomic E-state index is 0.674. The maximum Gasteiger partial charge on any atom is 0.0186 e. The summed E-state index contributed by atoms with van der Waals surface area (Å²) in [5.41, 5.74) is 1.48. The molecule has 0 bridgehead atoms. The third-order valence-corrected chi connectivity index (χ3v) is 4.42. The second-order valence-electron chi connectivity index (χ2n) is 4.49. The van der Waals surface area contributed by atoms with Gasteiger partial charge in [-0.05, 0) is 35.2 Å². The average Bonchev–Trinajstić information content (AvgIpc) is 2.76. The molecule has 0 N–H and O–H groups in total. The highest BCUT2D eigenvalue weighted by Gasteiger charge is 2.05. The molecule has 1 aromatic rings. The van der Waals surface area contributed by atoms with Crippen molar-refractivity contribution in [2.24, 2.45) is 0 Å². The first-order valence-electron chi connectivity index (χ1n) is 6.48. The molecule has 1 heterocycles. The highest BCUT2D eigenvalue weighted by molar-refractivity contribution is 9.09. The van der Waals surface area contributed by atoms with E-state index in [-0.39, 0.29) is 0 Å². The van der Waals surface area contributed by atoms with E-state index in [0.29, 0.717) is 4.83 Å². The summed E-state index contributed by atoms with van der Waals surface area (Å²) in [6.45, 7) is 2.27. The molecule has 0 aliphatic heterocycles. The van der Waals surface area contributed by atoms with Gasteiger partial charge in [0.2, 0.25) is 0 Å². The van der Waals surface area contributed by atoms with E-state index in [0.717, 1.165) is 0 Å². The lowest BCUT2D eigenvalue weighted by atomic mass is 10.1. The van der Waals surface area contributed by atoms with Crippen LogP contribution >= 0.6 is 27.3 Å². The smallest absolute Gasteiger partial charge is 0.0186 e. The second-order valence-corrected chi connectivity index (χ2v) is 6.56. The summed E-state index contributed by atoms with van der Waals surface area (Å²) in [7, 11) is 0. The molecule has 1 aromatic heterocycles. The number of hydrogen-bond acceptors (Lipinski definition) is 1. The van der Waals surface area contributed by atoms with Crippen molar-refractivity contribution >= 4 is 27.3 Å². The summed E-state index contributed by atoms with van der Waals surface area (Å²) in [6, 6.07) is 2.24. The van der Waals surface area contributed by atoms with E-state index in [1.807, 2.05) is 0 Å². The Morgan fingerprint density at radius 3 is 2.62 bits per heavy atom. The Morgan fingerprint density at radius 1 is 1.19 bits per heavy atom. The predicted molar refractivity (Wildman–Crippen MR) is 78.7 cm³/mol. The Labute approximate surface area is 113 Å². The van der Waals surface area contributed by atoms with Gasteiger partial charge in [0.05, 0.1) is 0 Å². The van der Waals surface area contributed by atoms with Gasteiger partial charge in [0, 0.05) is 4.83 Å². The standard InChI is InChI=1S/C14H23BrS/c1-2-3-4-5-6-7-8-14(15)11-13-9-10-16-12-13/h9-10,12,14H,2-8,11H2,1H3. The Bertz CT molecular complexity index is 243. The molecule has 16 heavy (non-hydrogen) atoms.